The number of thioether (sulfide) groups is 1. The Balaban J connectivity index is 1.52. The van der Waals surface area contributed by atoms with E-state index in [0.717, 1.165) is 40.2 Å². The van der Waals surface area contributed by atoms with Gasteiger partial charge in [-0.2, -0.15) is 0 Å². The van der Waals surface area contributed by atoms with E-state index in [9.17, 15) is 4.79 Å². The minimum atomic E-state index is -0.396. The third-order valence-electron chi connectivity index (χ3n) is 5.52. The molecule has 5 rings (SSSR count). The van der Waals surface area contributed by atoms with Crippen LogP contribution in [0.1, 0.15) is 20.9 Å². The quantitative estimate of drug-likeness (QED) is 0.202. The summed E-state index contributed by atoms with van der Waals surface area (Å²) in [7, 11) is 1.41. The molecule has 6 nitrogen and oxygen atoms in total. The van der Waals surface area contributed by atoms with Crippen molar-refractivity contribution in [1.29, 1.82) is 0 Å². The predicted molar refractivity (Wildman–Crippen MR) is 136 cm³/mol. The summed E-state index contributed by atoms with van der Waals surface area (Å²) >= 11 is 3.27. The summed E-state index contributed by atoms with van der Waals surface area (Å²) < 4.78 is 7.25. The minimum Gasteiger partial charge on any atom is -0.465 e. The molecule has 3 aromatic heterocycles. The van der Waals surface area contributed by atoms with Gasteiger partial charge in [-0.05, 0) is 29.5 Å². The zero-order chi connectivity index (χ0) is 23.3. The molecule has 0 amide bonds. The lowest BCUT2D eigenvalue weighted by atomic mass is 9.94. The summed E-state index contributed by atoms with van der Waals surface area (Å²) in [4.78, 5) is 19.2. The standard InChI is InChI=1S/C26H22N4O2S2/c1-32-25(31)24-22(16-34-26-29-27-17-30(26)14-13-19-10-7-15-33-19)28-21-12-6-5-11-20(21)23(24)18-8-3-2-4-9-18/h2-12,15,17H,13-14,16H2,1H3. The molecular formula is C26H22N4O2S2. The summed E-state index contributed by atoms with van der Waals surface area (Å²) in [6, 6.07) is 22.0. The zero-order valence-corrected chi connectivity index (χ0v) is 20.2. The van der Waals surface area contributed by atoms with Crippen LogP contribution in [0.2, 0.25) is 0 Å². The van der Waals surface area contributed by atoms with Crippen LogP contribution in [0.5, 0.6) is 0 Å². The Hall–Kier alpha value is -3.49. The van der Waals surface area contributed by atoms with Crippen LogP contribution in [-0.4, -0.2) is 32.8 Å². The SMILES string of the molecule is COC(=O)c1c(CSc2nncn2CCc2cccs2)nc2ccccc2c1-c1ccccc1. The fourth-order valence-electron chi connectivity index (χ4n) is 3.92. The van der Waals surface area contributed by atoms with Gasteiger partial charge in [-0.3, -0.25) is 4.98 Å². The number of hydrogen-bond donors (Lipinski definition) is 0. The van der Waals surface area contributed by atoms with Crippen molar-refractivity contribution >= 4 is 40.0 Å². The van der Waals surface area contributed by atoms with Gasteiger partial charge in [0.2, 0.25) is 0 Å². The monoisotopic (exact) mass is 486 g/mol. The van der Waals surface area contributed by atoms with Crippen LogP contribution in [0.25, 0.3) is 22.0 Å². The number of benzene rings is 2. The smallest absolute Gasteiger partial charge is 0.340 e. The Kier molecular flexibility index (Phi) is 6.69. The number of para-hydroxylation sites is 1. The largest absolute Gasteiger partial charge is 0.465 e. The highest BCUT2D eigenvalue weighted by molar-refractivity contribution is 7.98. The number of pyridine rings is 1. The molecule has 0 atom stereocenters. The molecular weight excluding hydrogens is 464 g/mol. The molecule has 170 valence electrons. The Morgan fingerprint density at radius 1 is 1.06 bits per heavy atom. The Morgan fingerprint density at radius 2 is 1.88 bits per heavy atom. The van der Waals surface area contributed by atoms with Crippen LogP contribution in [-0.2, 0) is 23.5 Å². The predicted octanol–water partition coefficient (Wildman–Crippen LogP) is 5.88. The number of rotatable bonds is 8. The fraction of sp³-hybridized carbons (Fsp3) is 0.154. The summed E-state index contributed by atoms with van der Waals surface area (Å²) in [6.07, 6.45) is 2.67. The van der Waals surface area contributed by atoms with Crippen molar-refractivity contribution in [3.63, 3.8) is 0 Å². The van der Waals surface area contributed by atoms with E-state index in [0.29, 0.717) is 17.0 Å². The Morgan fingerprint density at radius 3 is 2.68 bits per heavy atom. The van der Waals surface area contributed by atoms with E-state index in [-0.39, 0.29) is 0 Å². The van der Waals surface area contributed by atoms with Crippen molar-refractivity contribution in [2.24, 2.45) is 0 Å². The normalized spacial score (nSPS) is 11.1. The number of esters is 1. The first-order valence-corrected chi connectivity index (χ1v) is 12.7. The number of aromatic nitrogens is 4. The Bertz CT molecular complexity index is 1420. The molecule has 0 spiro atoms. The van der Waals surface area contributed by atoms with E-state index in [1.165, 1.54) is 23.7 Å². The maximum atomic E-state index is 13.0. The fourth-order valence-corrected chi connectivity index (χ4v) is 5.50. The number of ether oxygens (including phenoxy) is 1. The summed E-state index contributed by atoms with van der Waals surface area (Å²) in [6.45, 7) is 0.792. The van der Waals surface area contributed by atoms with Gasteiger partial charge in [0, 0.05) is 28.1 Å². The number of fused-ring (bicyclic) bond motifs is 1. The molecule has 2 aromatic carbocycles. The van der Waals surface area contributed by atoms with Gasteiger partial charge >= 0.3 is 5.97 Å². The number of methoxy groups -OCH3 is 1. The van der Waals surface area contributed by atoms with E-state index < -0.39 is 5.97 Å². The molecule has 0 saturated heterocycles. The number of hydrogen-bond acceptors (Lipinski definition) is 7. The molecule has 34 heavy (non-hydrogen) atoms. The molecule has 0 aliphatic rings. The lowest BCUT2D eigenvalue weighted by molar-refractivity contribution is 0.0600. The van der Waals surface area contributed by atoms with Crippen LogP contribution in [0.4, 0.5) is 0 Å². The molecule has 0 aliphatic carbocycles. The average molecular weight is 487 g/mol. The summed E-state index contributed by atoms with van der Waals surface area (Å²) in [5.41, 5.74) is 3.79. The first-order chi connectivity index (χ1) is 16.7. The van der Waals surface area contributed by atoms with Crippen LogP contribution in [0, 0.1) is 0 Å². The van der Waals surface area contributed by atoms with E-state index in [1.807, 2.05) is 59.2 Å². The lowest BCUT2D eigenvalue weighted by Crippen LogP contribution is -2.11. The number of carbonyl (C=O) groups excluding carboxylic acids is 1. The first-order valence-electron chi connectivity index (χ1n) is 10.8. The summed E-state index contributed by atoms with van der Waals surface area (Å²) in [5.74, 6) is 0.0687. The third kappa shape index (κ3) is 4.60. The van der Waals surface area contributed by atoms with Crippen molar-refractivity contribution in [1.82, 2.24) is 19.7 Å². The van der Waals surface area contributed by atoms with Gasteiger partial charge in [0.25, 0.3) is 0 Å². The van der Waals surface area contributed by atoms with Gasteiger partial charge in [-0.25, -0.2) is 4.79 Å². The molecule has 0 fully saturated rings. The second-order valence-corrected chi connectivity index (χ2v) is 9.58. The molecule has 0 unspecified atom stereocenters. The van der Waals surface area contributed by atoms with Gasteiger partial charge in [0.05, 0.1) is 23.9 Å². The van der Waals surface area contributed by atoms with Gasteiger partial charge in [-0.1, -0.05) is 66.4 Å². The molecule has 3 heterocycles. The van der Waals surface area contributed by atoms with E-state index in [4.69, 9.17) is 9.72 Å². The molecule has 5 aromatic rings. The van der Waals surface area contributed by atoms with Gasteiger partial charge < -0.3 is 9.30 Å². The number of carbonyl (C=O) groups is 1. The minimum absolute atomic E-state index is 0.396. The zero-order valence-electron chi connectivity index (χ0n) is 18.5. The number of nitrogens with zero attached hydrogens (tertiary/aromatic N) is 4. The maximum Gasteiger partial charge on any atom is 0.340 e. The molecule has 0 radical (unpaired) electrons. The van der Waals surface area contributed by atoms with Crippen LogP contribution in [0.3, 0.4) is 0 Å². The molecule has 8 heteroatoms. The average Bonchev–Trinajstić information content (AvgIpc) is 3.57. The topological polar surface area (TPSA) is 69.9 Å². The van der Waals surface area contributed by atoms with E-state index in [1.54, 1.807) is 17.7 Å². The number of thiophene rings is 1. The lowest BCUT2D eigenvalue weighted by Gasteiger charge is -2.16. The first kappa shape index (κ1) is 22.3. The highest BCUT2D eigenvalue weighted by Crippen LogP contribution is 2.35. The number of aryl methyl sites for hydroxylation is 2. The highest BCUT2D eigenvalue weighted by Gasteiger charge is 2.23. The second-order valence-electron chi connectivity index (χ2n) is 7.61. The molecule has 0 bridgehead atoms. The van der Waals surface area contributed by atoms with Crippen LogP contribution >= 0.6 is 23.1 Å². The van der Waals surface area contributed by atoms with Crippen LogP contribution in [0.15, 0.2) is 83.6 Å². The third-order valence-corrected chi connectivity index (χ3v) is 7.44. The molecule has 0 saturated carbocycles. The van der Waals surface area contributed by atoms with Crippen molar-refractivity contribution in [3.05, 3.63) is 94.6 Å². The Labute approximate surface area is 205 Å². The van der Waals surface area contributed by atoms with Crippen molar-refractivity contribution < 1.29 is 9.53 Å². The highest BCUT2D eigenvalue weighted by atomic mass is 32.2. The van der Waals surface area contributed by atoms with E-state index in [2.05, 4.69) is 27.7 Å². The van der Waals surface area contributed by atoms with Crippen LogP contribution < -0.4 is 0 Å². The van der Waals surface area contributed by atoms with Gasteiger partial charge in [0.15, 0.2) is 5.16 Å². The maximum absolute atomic E-state index is 13.0. The van der Waals surface area contributed by atoms with Gasteiger partial charge in [-0.15, -0.1) is 21.5 Å². The summed E-state index contributed by atoms with van der Waals surface area (Å²) in [5, 5.41) is 12.2. The van der Waals surface area contributed by atoms with Crippen molar-refractivity contribution in [2.75, 3.05) is 7.11 Å². The van der Waals surface area contributed by atoms with Gasteiger partial charge in [0.1, 0.15) is 6.33 Å². The van der Waals surface area contributed by atoms with E-state index >= 15 is 0 Å². The second kappa shape index (κ2) is 10.2. The molecule has 0 aliphatic heterocycles. The van der Waals surface area contributed by atoms with Crippen molar-refractivity contribution in [2.45, 2.75) is 23.9 Å². The van der Waals surface area contributed by atoms with Crippen molar-refractivity contribution in [3.8, 4) is 11.1 Å². The molecule has 0 N–H and O–H groups in total.